The van der Waals surface area contributed by atoms with Crippen molar-refractivity contribution < 1.29 is 9.53 Å². The van der Waals surface area contributed by atoms with Crippen LogP contribution < -0.4 is 15.4 Å². The molecule has 0 heterocycles. The summed E-state index contributed by atoms with van der Waals surface area (Å²) in [5, 5.41) is 6.22. The molecule has 2 N–H and O–H groups in total. The van der Waals surface area contributed by atoms with Crippen molar-refractivity contribution in [2.75, 3.05) is 19.7 Å². The summed E-state index contributed by atoms with van der Waals surface area (Å²) < 4.78 is 5.66. The highest BCUT2D eigenvalue weighted by atomic mass is 16.5. The Morgan fingerprint density at radius 2 is 2.10 bits per heavy atom. The first-order chi connectivity index (χ1) is 10.0. The minimum Gasteiger partial charge on any atom is -0.483 e. The minimum absolute atomic E-state index is 0.0697. The number of amides is 1. The minimum atomic E-state index is -0.0708. The fourth-order valence-corrected chi connectivity index (χ4v) is 1.94. The lowest BCUT2D eigenvalue weighted by atomic mass is 10.1. The second kappa shape index (κ2) is 9.40. The Morgan fingerprint density at radius 3 is 2.76 bits per heavy atom. The van der Waals surface area contributed by atoms with Gasteiger partial charge in [0.15, 0.2) is 6.61 Å². The number of carbonyl (C=O) groups excluding carboxylic acids is 1. The lowest BCUT2D eigenvalue weighted by Gasteiger charge is -2.14. The summed E-state index contributed by atoms with van der Waals surface area (Å²) in [5.41, 5.74) is 2.29. The standard InChI is InChI=1S/C17H28N2O2/c1-5-8-19-17(20)12-21-16-7-6-14(4)9-15(16)11-18-10-13(2)3/h6-7,9,13,18H,5,8,10-12H2,1-4H3,(H,19,20). The Bertz CT molecular complexity index is 444. The van der Waals surface area contributed by atoms with Crippen LogP contribution in [-0.2, 0) is 11.3 Å². The molecule has 4 heteroatoms. The van der Waals surface area contributed by atoms with E-state index in [1.54, 1.807) is 0 Å². The van der Waals surface area contributed by atoms with Crippen LogP contribution in [0.2, 0.25) is 0 Å². The normalized spacial score (nSPS) is 10.7. The van der Waals surface area contributed by atoms with E-state index in [0.29, 0.717) is 12.5 Å². The molecule has 1 aromatic rings. The average molecular weight is 292 g/mol. The van der Waals surface area contributed by atoms with E-state index in [2.05, 4.69) is 37.5 Å². The fourth-order valence-electron chi connectivity index (χ4n) is 1.94. The van der Waals surface area contributed by atoms with E-state index < -0.39 is 0 Å². The lowest BCUT2D eigenvalue weighted by Crippen LogP contribution is -2.29. The Balaban J connectivity index is 2.57. The zero-order chi connectivity index (χ0) is 15.7. The number of hydrogen-bond acceptors (Lipinski definition) is 3. The predicted molar refractivity (Wildman–Crippen MR) is 86.5 cm³/mol. The number of rotatable bonds is 9. The lowest BCUT2D eigenvalue weighted by molar-refractivity contribution is -0.123. The van der Waals surface area contributed by atoms with E-state index in [4.69, 9.17) is 4.74 Å². The smallest absolute Gasteiger partial charge is 0.257 e. The molecule has 1 aromatic carbocycles. The van der Waals surface area contributed by atoms with Crippen LogP contribution in [0.25, 0.3) is 0 Å². The third kappa shape index (κ3) is 7.14. The van der Waals surface area contributed by atoms with Crippen molar-refractivity contribution in [3.63, 3.8) is 0 Å². The molecule has 4 nitrogen and oxygen atoms in total. The van der Waals surface area contributed by atoms with Crippen LogP contribution in [0.15, 0.2) is 18.2 Å². The molecular formula is C17H28N2O2. The average Bonchev–Trinajstić information content (AvgIpc) is 2.43. The van der Waals surface area contributed by atoms with Gasteiger partial charge in [0.2, 0.25) is 0 Å². The molecule has 0 spiro atoms. The van der Waals surface area contributed by atoms with Gasteiger partial charge in [-0.25, -0.2) is 0 Å². The van der Waals surface area contributed by atoms with E-state index >= 15 is 0 Å². The Kier molecular flexibility index (Phi) is 7.83. The quantitative estimate of drug-likeness (QED) is 0.735. The van der Waals surface area contributed by atoms with Gasteiger partial charge in [-0.1, -0.05) is 38.5 Å². The summed E-state index contributed by atoms with van der Waals surface area (Å²) in [6, 6.07) is 6.05. The van der Waals surface area contributed by atoms with Gasteiger partial charge in [-0.2, -0.15) is 0 Å². The number of ether oxygens (including phenoxy) is 1. The zero-order valence-electron chi connectivity index (χ0n) is 13.7. The van der Waals surface area contributed by atoms with E-state index in [1.807, 2.05) is 19.1 Å². The predicted octanol–water partition coefficient (Wildman–Crippen LogP) is 2.65. The maximum atomic E-state index is 11.6. The molecule has 21 heavy (non-hydrogen) atoms. The molecule has 1 amide bonds. The molecule has 118 valence electrons. The maximum absolute atomic E-state index is 11.6. The van der Waals surface area contributed by atoms with E-state index in [-0.39, 0.29) is 12.5 Å². The van der Waals surface area contributed by atoms with Crippen LogP contribution >= 0.6 is 0 Å². The van der Waals surface area contributed by atoms with Gasteiger partial charge in [0.1, 0.15) is 5.75 Å². The molecule has 0 saturated carbocycles. The molecule has 0 fully saturated rings. The van der Waals surface area contributed by atoms with E-state index in [0.717, 1.165) is 30.8 Å². The molecule has 0 radical (unpaired) electrons. The van der Waals surface area contributed by atoms with Gasteiger partial charge >= 0.3 is 0 Å². The summed E-state index contributed by atoms with van der Waals surface area (Å²) in [4.78, 5) is 11.6. The number of hydrogen-bond donors (Lipinski definition) is 2. The highest BCUT2D eigenvalue weighted by Gasteiger charge is 2.07. The molecular weight excluding hydrogens is 264 g/mol. The third-order valence-electron chi connectivity index (χ3n) is 3.01. The summed E-state index contributed by atoms with van der Waals surface area (Å²) in [7, 11) is 0. The first-order valence-electron chi connectivity index (χ1n) is 7.72. The van der Waals surface area contributed by atoms with Crippen LogP contribution in [0, 0.1) is 12.8 Å². The fraction of sp³-hybridized carbons (Fsp3) is 0.588. The molecule has 0 aliphatic carbocycles. The van der Waals surface area contributed by atoms with Crippen LogP contribution in [-0.4, -0.2) is 25.6 Å². The van der Waals surface area contributed by atoms with Gasteiger partial charge in [-0.3, -0.25) is 4.79 Å². The first kappa shape index (κ1) is 17.5. The molecule has 0 aromatic heterocycles. The maximum Gasteiger partial charge on any atom is 0.257 e. The Morgan fingerprint density at radius 1 is 1.33 bits per heavy atom. The zero-order valence-corrected chi connectivity index (χ0v) is 13.7. The SMILES string of the molecule is CCCNC(=O)COc1ccc(C)cc1CNCC(C)C. The highest BCUT2D eigenvalue weighted by Crippen LogP contribution is 2.20. The van der Waals surface area contributed by atoms with Crippen molar-refractivity contribution in [1.29, 1.82) is 0 Å². The van der Waals surface area contributed by atoms with Crippen LogP contribution in [0.4, 0.5) is 0 Å². The van der Waals surface area contributed by atoms with Gasteiger partial charge in [0.25, 0.3) is 5.91 Å². The summed E-state index contributed by atoms with van der Waals surface area (Å²) in [6.45, 7) is 10.9. The summed E-state index contributed by atoms with van der Waals surface area (Å²) in [5.74, 6) is 1.32. The van der Waals surface area contributed by atoms with E-state index in [9.17, 15) is 4.79 Å². The molecule has 0 atom stereocenters. The van der Waals surface area contributed by atoms with Gasteiger partial charge in [0.05, 0.1) is 0 Å². The van der Waals surface area contributed by atoms with Gasteiger partial charge in [0, 0.05) is 18.7 Å². The van der Waals surface area contributed by atoms with Crippen molar-refractivity contribution in [3.8, 4) is 5.75 Å². The molecule has 0 aliphatic heterocycles. The van der Waals surface area contributed by atoms with Crippen LogP contribution in [0.5, 0.6) is 5.75 Å². The number of nitrogens with one attached hydrogen (secondary N) is 2. The molecule has 0 bridgehead atoms. The van der Waals surface area contributed by atoms with Crippen molar-refractivity contribution in [3.05, 3.63) is 29.3 Å². The number of aryl methyl sites for hydroxylation is 1. The second-order valence-corrected chi connectivity index (χ2v) is 5.77. The Hall–Kier alpha value is -1.55. The largest absolute Gasteiger partial charge is 0.483 e. The molecule has 0 aliphatic rings. The summed E-state index contributed by atoms with van der Waals surface area (Å²) in [6.07, 6.45) is 0.931. The van der Waals surface area contributed by atoms with Gasteiger partial charge in [-0.15, -0.1) is 0 Å². The van der Waals surface area contributed by atoms with Crippen molar-refractivity contribution in [2.45, 2.75) is 40.7 Å². The van der Waals surface area contributed by atoms with Crippen molar-refractivity contribution >= 4 is 5.91 Å². The van der Waals surface area contributed by atoms with Crippen LogP contribution in [0.3, 0.4) is 0 Å². The second-order valence-electron chi connectivity index (χ2n) is 5.77. The Labute approximate surface area is 128 Å². The van der Waals surface area contributed by atoms with Gasteiger partial charge < -0.3 is 15.4 Å². The van der Waals surface area contributed by atoms with Gasteiger partial charge in [-0.05, 0) is 31.9 Å². The third-order valence-corrected chi connectivity index (χ3v) is 3.01. The molecule has 1 rings (SSSR count). The van der Waals surface area contributed by atoms with Crippen molar-refractivity contribution in [2.24, 2.45) is 5.92 Å². The number of benzene rings is 1. The molecule has 0 unspecified atom stereocenters. The summed E-state index contributed by atoms with van der Waals surface area (Å²) >= 11 is 0. The monoisotopic (exact) mass is 292 g/mol. The van der Waals surface area contributed by atoms with E-state index in [1.165, 1.54) is 5.56 Å². The van der Waals surface area contributed by atoms with Crippen molar-refractivity contribution in [1.82, 2.24) is 10.6 Å². The first-order valence-corrected chi connectivity index (χ1v) is 7.72. The molecule has 0 saturated heterocycles. The van der Waals surface area contributed by atoms with Crippen LogP contribution in [0.1, 0.15) is 38.3 Å². The number of carbonyl (C=O) groups is 1. The topological polar surface area (TPSA) is 50.4 Å². The highest BCUT2D eigenvalue weighted by molar-refractivity contribution is 5.77.